The number of amides is 1. The van der Waals surface area contributed by atoms with Crippen LogP contribution in [0.5, 0.6) is 5.75 Å². The quantitative estimate of drug-likeness (QED) is 0.595. The van der Waals surface area contributed by atoms with Crippen LogP contribution in [0.3, 0.4) is 0 Å². The number of carbonyl (C=O) groups excluding carboxylic acids is 1. The Morgan fingerprint density at radius 3 is 2.45 bits per heavy atom. The van der Waals surface area contributed by atoms with Crippen molar-refractivity contribution < 1.29 is 17.9 Å². The van der Waals surface area contributed by atoms with Gasteiger partial charge in [0, 0.05) is 18.7 Å². The number of benzene rings is 2. The van der Waals surface area contributed by atoms with Crippen LogP contribution in [-0.2, 0) is 16.4 Å². The summed E-state index contributed by atoms with van der Waals surface area (Å²) in [7, 11) is -3.59. The number of nitrogens with zero attached hydrogens (tertiary/aromatic N) is 1. The molecule has 1 aliphatic rings. The second kappa shape index (κ2) is 10.8. The largest absolute Gasteiger partial charge is 0.492 e. The number of piperidine rings is 1. The minimum Gasteiger partial charge on any atom is -0.492 e. The van der Waals surface area contributed by atoms with Crippen LogP contribution in [0.15, 0.2) is 47.4 Å². The number of nitrogens with one attached hydrogen (secondary N) is 1. The zero-order valence-corrected chi connectivity index (χ0v) is 19.2. The van der Waals surface area contributed by atoms with E-state index in [9.17, 15) is 13.2 Å². The first-order chi connectivity index (χ1) is 14.9. The highest BCUT2D eigenvalue weighted by Gasteiger charge is 2.28. The van der Waals surface area contributed by atoms with Gasteiger partial charge in [-0.2, -0.15) is 4.31 Å². The Morgan fingerprint density at radius 1 is 1.06 bits per heavy atom. The van der Waals surface area contributed by atoms with E-state index in [4.69, 9.17) is 4.74 Å². The van der Waals surface area contributed by atoms with E-state index in [0.717, 1.165) is 37.9 Å². The van der Waals surface area contributed by atoms with E-state index in [1.54, 1.807) is 19.1 Å². The van der Waals surface area contributed by atoms with Gasteiger partial charge < -0.3 is 10.1 Å². The summed E-state index contributed by atoms with van der Waals surface area (Å²) in [5.41, 5.74) is 2.26. The molecule has 0 atom stereocenters. The first-order valence-electron chi connectivity index (χ1n) is 11.0. The Balaban J connectivity index is 1.57. The molecule has 0 spiro atoms. The fourth-order valence-electron chi connectivity index (χ4n) is 3.74. The molecule has 0 radical (unpaired) electrons. The molecule has 2 aromatic rings. The van der Waals surface area contributed by atoms with E-state index in [2.05, 4.69) is 12.2 Å². The molecule has 1 amide bonds. The van der Waals surface area contributed by atoms with Gasteiger partial charge in [-0.25, -0.2) is 8.42 Å². The van der Waals surface area contributed by atoms with Crippen LogP contribution in [-0.4, -0.2) is 44.9 Å². The molecule has 168 valence electrons. The summed E-state index contributed by atoms with van der Waals surface area (Å²) in [5.74, 6) is 0.455. The highest BCUT2D eigenvalue weighted by atomic mass is 32.2. The molecule has 0 aliphatic carbocycles. The van der Waals surface area contributed by atoms with Crippen molar-refractivity contribution in [2.45, 2.75) is 50.8 Å². The van der Waals surface area contributed by atoms with E-state index in [0.29, 0.717) is 37.4 Å². The molecule has 0 saturated carbocycles. The topological polar surface area (TPSA) is 75.7 Å². The lowest BCUT2D eigenvalue weighted by Crippen LogP contribution is -2.36. The molecular weight excluding hydrogens is 412 g/mol. The number of carbonyl (C=O) groups is 1. The second-order valence-corrected chi connectivity index (χ2v) is 9.85. The first kappa shape index (κ1) is 23.3. The van der Waals surface area contributed by atoms with Gasteiger partial charge in [-0.3, -0.25) is 4.79 Å². The molecule has 0 aromatic heterocycles. The van der Waals surface area contributed by atoms with Crippen LogP contribution in [0, 0.1) is 6.92 Å². The molecule has 1 heterocycles. The predicted molar refractivity (Wildman–Crippen MR) is 122 cm³/mol. The van der Waals surface area contributed by atoms with Crippen molar-refractivity contribution in [3.63, 3.8) is 0 Å². The van der Waals surface area contributed by atoms with Crippen molar-refractivity contribution in [3.8, 4) is 5.75 Å². The molecule has 1 fully saturated rings. The normalized spacial score (nSPS) is 14.9. The standard InChI is InChI=1S/C24H32N2O4S/c1-3-7-20-9-12-22(13-10-20)30-17-14-25-24(27)21-11-8-19(2)23(18-21)31(28,29)26-15-5-4-6-16-26/h8-13,18H,3-7,14-17H2,1-2H3,(H,25,27). The zero-order chi connectivity index (χ0) is 22.3. The van der Waals surface area contributed by atoms with Crippen molar-refractivity contribution in [1.82, 2.24) is 9.62 Å². The number of rotatable bonds is 9. The lowest BCUT2D eigenvalue weighted by molar-refractivity contribution is 0.0946. The van der Waals surface area contributed by atoms with Gasteiger partial charge in [0.2, 0.25) is 10.0 Å². The second-order valence-electron chi connectivity index (χ2n) is 7.94. The van der Waals surface area contributed by atoms with Crippen molar-refractivity contribution >= 4 is 15.9 Å². The first-order valence-corrected chi connectivity index (χ1v) is 12.5. The SMILES string of the molecule is CCCc1ccc(OCCNC(=O)c2ccc(C)c(S(=O)(=O)N3CCCCC3)c2)cc1. The third-order valence-corrected chi connectivity index (χ3v) is 7.54. The zero-order valence-electron chi connectivity index (χ0n) is 18.4. The summed E-state index contributed by atoms with van der Waals surface area (Å²) in [6, 6.07) is 12.8. The number of sulfonamides is 1. The summed E-state index contributed by atoms with van der Waals surface area (Å²) < 4.78 is 33.3. The maximum atomic E-state index is 13.0. The molecule has 7 heteroatoms. The van der Waals surface area contributed by atoms with Crippen LogP contribution in [0.2, 0.25) is 0 Å². The average molecular weight is 445 g/mol. The average Bonchev–Trinajstić information content (AvgIpc) is 2.78. The van der Waals surface area contributed by atoms with Crippen molar-refractivity contribution in [2.75, 3.05) is 26.2 Å². The monoisotopic (exact) mass is 444 g/mol. The Bertz CT molecular complexity index is 981. The van der Waals surface area contributed by atoms with Gasteiger partial charge in [-0.05, 0) is 61.6 Å². The molecule has 6 nitrogen and oxygen atoms in total. The van der Waals surface area contributed by atoms with Crippen molar-refractivity contribution in [1.29, 1.82) is 0 Å². The van der Waals surface area contributed by atoms with Gasteiger partial charge in [-0.1, -0.05) is 38.0 Å². The van der Waals surface area contributed by atoms with Gasteiger partial charge in [0.05, 0.1) is 11.4 Å². The predicted octanol–water partition coefficient (Wildman–Crippen LogP) is 3.93. The maximum absolute atomic E-state index is 13.0. The van der Waals surface area contributed by atoms with Gasteiger partial charge >= 0.3 is 0 Å². The lowest BCUT2D eigenvalue weighted by Gasteiger charge is -2.26. The summed E-state index contributed by atoms with van der Waals surface area (Å²) in [6.07, 6.45) is 4.95. The Labute approximate surface area is 185 Å². The third-order valence-electron chi connectivity index (χ3n) is 5.50. The van der Waals surface area contributed by atoms with E-state index in [1.165, 1.54) is 15.9 Å². The van der Waals surface area contributed by atoms with Gasteiger partial charge in [0.15, 0.2) is 0 Å². The summed E-state index contributed by atoms with van der Waals surface area (Å²) in [6.45, 7) is 5.65. The van der Waals surface area contributed by atoms with Crippen LogP contribution in [0.25, 0.3) is 0 Å². The van der Waals surface area contributed by atoms with Gasteiger partial charge in [-0.15, -0.1) is 0 Å². The number of aryl methyl sites for hydroxylation is 2. The molecule has 31 heavy (non-hydrogen) atoms. The third kappa shape index (κ3) is 6.08. The molecule has 1 aliphatic heterocycles. The van der Waals surface area contributed by atoms with Crippen LogP contribution >= 0.6 is 0 Å². The number of ether oxygens (including phenoxy) is 1. The molecule has 3 rings (SSSR count). The van der Waals surface area contributed by atoms with E-state index < -0.39 is 10.0 Å². The molecule has 0 bridgehead atoms. The minimum atomic E-state index is -3.59. The molecular formula is C24H32N2O4S. The number of hydrogen-bond acceptors (Lipinski definition) is 4. The highest BCUT2D eigenvalue weighted by molar-refractivity contribution is 7.89. The Hall–Kier alpha value is -2.38. The van der Waals surface area contributed by atoms with Crippen molar-refractivity contribution in [2.24, 2.45) is 0 Å². The van der Waals surface area contributed by atoms with Gasteiger partial charge in [0.25, 0.3) is 5.91 Å². The smallest absolute Gasteiger partial charge is 0.251 e. The maximum Gasteiger partial charge on any atom is 0.251 e. The Morgan fingerprint density at radius 2 is 1.77 bits per heavy atom. The molecule has 2 aromatic carbocycles. The van der Waals surface area contributed by atoms with Crippen LogP contribution in [0.4, 0.5) is 0 Å². The Kier molecular flexibility index (Phi) is 8.09. The summed E-state index contributed by atoms with van der Waals surface area (Å²) in [5, 5.41) is 2.81. The summed E-state index contributed by atoms with van der Waals surface area (Å²) in [4.78, 5) is 12.8. The van der Waals surface area contributed by atoms with Gasteiger partial charge in [0.1, 0.15) is 12.4 Å². The minimum absolute atomic E-state index is 0.213. The van der Waals surface area contributed by atoms with Crippen molar-refractivity contribution in [3.05, 3.63) is 59.2 Å². The molecule has 1 saturated heterocycles. The van der Waals surface area contributed by atoms with Crippen LogP contribution in [0.1, 0.15) is 54.1 Å². The van der Waals surface area contributed by atoms with E-state index in [1.807, 2.05) is 24.3 Å². The summed E-state index contributed by atoms with van der Waals surface area (Å²) >= 11 is 0. The van der Waals surface area contributed by atoms with Crippen LogP contribution < -0.4 is 10.1 Å². The fraction of sp³-hybridized carbons (Fsp3) is 0.458. The highest BCUT2D eigenvalue weighted by Crippen LogP contribution is 2.24. The molecule has 0 unspecified atom stereocenters. The fourth-order valence-corrected chi connectivity index (χ4v) is 5.51. The van der Waals surface area contributed by atoms with E-state index >= 15 is 0 Å². The van der Waals surface area contributed by atoms with E-state index in [-0.39, 0.29) is 10.8 Å². The lowest BCUT2D eigenvalue weighted by atomic mass is 10.1. The number of hydrogen-bond donors (Lipinski definition) is 1. The molecule has 1 N–H and O–H groups in total.